The van der Waals surface area contributed by atoms with E-state index >= 15 is 0 Å². The van der Waals surface area contributed by atoms with Gasteiger partial charge in [-0.2, -0.15) is 0 Å². The number of unbranched alkanes of at least 4 members (excludes halogenated alkanes) is 4. The van der Waals surface area contributed by atoms with Crippen LogP contribution in [0.3, 0.4) is 0 Å². The van der Waals surface area contributed by atoms with Gasteiger partial charge in [0.2, 0.25) is 5.39 Å². The highest BCUT2D eigenvalue weighted by Crippen LogP contribution is 2.38. The molecule has 1 N–H and O–H groups in total. The Morgan fingerprint density at radius 3 is 2.07 bits per heavy atom. The summed E-state index contributed by atoms with van der Waals surface area (Å²) in [6.07, 6.45) is 14.2. The molecule has 0 fully saturated rings. The summed E-state index contributed by atoms with van der Waals surface area (Å²) in [7, 11) is -2.92. The zero-order valence-corrected chi connectivity index (χ0v) is 27.8. The second kappa shape index (κ2) is 18.9. The maximum absolute atomic E-state index is 11.7. The van der Waals surface area contributed by atoms with Crippen LogP contribution in [0.1, 0.15) is 92.4 Å². The number of hydrogen-bond donors (Lipinski definition) is 1. The summed E-state index contributed by atoms with van der Waals surface area (Å²) in [5.74, 6) is -0.261. The molecule has 0 spiro atoms. The lowest BCUT2D eigenvalue weighted by Crippen LogP contribution is -2.67. The zero-order chi connectivity index (χ0) is 31.6. The van der Waals surface area contributed by atoms with Crippen molar-refractivity contribution in [1.82, 2.24) is 0 Å². The number of allylic oxidation sites excluding steroid dienone is 4. The second-order valence-corrected chi connectivity index (χ2v) is 16.1. The molecule has 0 amide bonds. The number of rotatable bonds is 18. The molecule has 2 aromatic rings. The van der Waals surface area contributed by atoms with Crippen LogP contribution in [-0.4, -0.2) is 32.1 Å². The largest absolute Gasteiger partial charge is 0.505 e. The number of ether oxygens (including phenoxy) is 1. The molecule has 2 aromatic carbocycles. The molecule has 1 atom stereocenters. The fourth-order valence-corrected chi connectivity index (χ4v) is 9.93. The van der Waals surface area contributed by atoms with Crippen molar-refractivity contribution in [2.24, 2.45) is 0 Å². The first-order chi connectivity index (χ1) is 20.7. The maximum Gasteiger partial charge on any atom is 0.398 e. The molecule has 2 rings (SSSR count). The molecule has 0 aliphatic heterocycles. The summed E-state index contributed by atoms with van der Waals surface area (Å²) < 4.78 is 12.3. The number of aliphatic hydroxyl groups is 1. The minimum absolute atomic E-state index is 0.0156. The van der Waals surface area contributed by atoms with Crippen LogP contribution in [-0.2, 0) is 14.0 Å². The van der Waals surface area contributed by atoms with E-state index in [1.54, 1.807) is 6.92 Å². The summed E-state index contributed by atoms with van der Waals surface area (Å²) in [4.78, 5) is 15.1. The van der Waals surface area contributed by atoms with Gasteiger partial charge in [-0.3, -0.25) is 4.79 Å². The van der Waals surface area contributed by atoms with Gasteiger partial charge < -0.3 is 14.3 Å². The molecule has 43 heavy (non-hydrogen) atoms. The highest BCUT2D eigenvalue weighted by Gasteiger charge is 2.51. The van der Waals surface area contributed by atoms with Crippen molar-refractivity contribution in [2.75, 3.05) is 6.61 Å². The van der Waals surface area contributed by atoms with Crippen LogP contribution in [0.2, 0.25) is 5.04 Å². The first-order valence-corrected chi connectivity index (χ1v) is 17.6. The normalized spacial score (nSPS) is 13.6. The molecule has 0 bridgehead atoms. The van der Waals surface area contributed by atoms with E-state index < -0.39 is 14.4 Å². The third kappa shape index (κ3) is 11.3. The average molecular weight is 604 g/mol. The number of hydrogen-bond acceptors (Lipinski definition) is 5. The van der Waals surface area contributed by atoms with Gasteiger partial charge in [-0.25, -0.2) is 0 Å². The first-order valence-electron chi connectivity index (χ1n) is 15.7. The summed E-state index contributed by atoms with van der Waals surface area (Å²) >= 11 is 0. The Balaban J connectivity index is 2.46. The summed E-state index contributed by atoms with van der Waals surface area (Å²) in [6, 6.07) is 20.8. The van der Waals surface area contributed by atoms with E-state index in [1.165, 1.54) is 12.8 Å². The Morgan fingerprint density at radius 1 is 0.930 bits per heavy atom. The highest BCUT2D eigenvalue weighted by atomic mass is 28.4. The monoisotopic (exact) mass is 603 g/mol. The highest BCUT2D eigenvalue weighted by molar-refractivity contribution is 6.99. The third-order valence-corrected chi connectivity index (χ3v) is 12.6. The predicted octanol–water partition coefficient (Wildman–Crippen LogP) is 8.76. The van der Waals surface area contributed by atoms with Crippen LogP contribution in [0.5, 0.6) is 0 Å². The molecule has 0 radical (unpaired) electrons. The number of diazo groups is 1. The van der Waals surface area contributed by atoms with Crippen molar-refractivity contribution in [1.29, 1.82) is 5.39 Å². The van der Waals surface area contributed by atoms with E-state index in [9.17, 15) is 15.3 Å². The first kappa shape index (κ1) is 35.7. The molecule has 1 unspecified atom stereocenters. The van der Waals surface area contributed by atoms with Gasteiger partial charge >= 0.3 is 11.7 Å². The van der Waals surface area contributed by atoms with Crippen molar-refractivity contribution in [2.45, 2.75) is 104 Å². The minimum atomic E-state index is -2.92. The van der Waals surface area contributed by atoms with E-state index in [2.05, 4.69) is 87.3 Å². The van der Waals surface area contributed by atoms with Crippen LogP contribution < -0.4 is 10.4 Å². The summed E-state index contributed by atoms with van der Waals surface area (Å²) in [6.45, 7) is 11.0. The van der Waals surface area contributed by atoms with Gasteiger partial charge in [0.25, 0.3) is 8.32 Å². The standard InChI is InChI=1S/C36H50N2O4Si/c1-6-8-9-10-11-12-15-22-30(29-34(39)33(38-37)27-20-21-28-35(40)41-7-2)42-43(36(3,4)5,31-23-16-13-17-24-31)32-25-18-14-19-26-32/h11-19,22-26,30H,6-10,20-21,27-29H2,1-5H3/p+1/b12-11+,22-15+,34-33+. The van der Waals surface area contributed by atoms with E-state index in [0.717, 1.165) is 23.2 Å². The molecule has 0 heterocycles. The second-order valence-electron chi connectivity index (χ2n) is 11.8. The number of benzene rings is 2. The summed E-state index contributed by atoms with van der Waals surface area (Å²) in [5, 5.41) is 23.1. The Hall–Kier alpha value is -3.47. The van der Waals surface area contributed by atoms with Crippen LogP contribution in [0.15, 0.2) is 96.4 Å². The van der Waals surface area contributed by atoms with E-state index in [-0.39, 0.29) is 28.9 Å². The van der Waals surface area contributed by atoms with E-state index in [1.807, 2.05) is 30.4 Å². The number of aliphatic hydroxyl groups excluding tert-OH is 1. The van der Waals surface area contributed by atoms with Crippen molar-refractivity contribution in [3.63, 3.8) is 0 Å². The summed E-state index contributed by atoms with van der Waals surface area (Å²) in [5.41, 5.74) is 0.211. The van der Waals surface area contributed by atoms with Crippen LogP contribution in [0.25, 0.3) is 4.98 Å². The average Bonchev–Trinajstić information content (AvgIpc) is 2.99. The van der Waals surface area contributed by atoms with Crippen molar-refractivity contribution >= 4 is 24.7 Å². The van der Waals surface area contributed by atoms with Crippen molar-refractivity contribution < 1.29 is 19.1 Å². The lowest BCUT2D eigenvalue weighted by Gasteiger charge is -2.44. The molecule has 0 aliphatic carbocycles. The van der Waals surface area contributed by atoms with Gasteiger partial charge in [0, 0.05) is 12.8 Å². The van der Waals surface area contributed by atoms with Crippen LogP contribution in [0, 0.1) is 5.39 Å². The SMILES string of the molecule is CCCCC/C=C/C=C/C(C/C(O)=C(/CCCCC(=O)OCC)[N+]#N)O[Si](c1ccccc1)(c1ccccc1)C(C)(C)C. The van der Waals surface area contributed by atoms with Gasteiger partial charge in [0.05, 0.1) is 19.1 Å². The predicted molar refractivity (Wildman–Crippen MR) is 179 cm³/mol. The fourth-order valence-electron chi connectivity index (χ4n) is 5.30. The molecular weight excluding hydrogens is 552 g/mol. The molecule has 0 saturated heterocycles. The van der Waals surface area contributed by atoms with Gasteiger partial charge in [-0.05, 0) is 48.0 Å². The number of esters is 1. The van der Waals surface area contributed by atoms with Crippen LogP contribution in [0.4, 0.5) is 0 Å². The quantitative estimate of drug-likeness (QED) is 0.0460. The molecule has 0 saturated carbocycles. The Morgan fingerprint density at radius 2 is 1.53 bits per heavy atom. The van der Waals surface area contributed by atoms with Crippen molar-refractivity contribution in [3.05, 3.63) is 101 Å². The zero-order valence-electron chi connectivity index (χ0n) is 26.8. The number of carbonyl (C=O) groups excluding carboxylic acids is 1. The number of carbonyl (C=O) groups is 1. The Labute approximate surface area is 260 Å². The Bertz CT molecular complexity index is 1190. The molecule has 0 aliphatic rings. The van der Waals surface area contributed by atoms with E-state index in [0.29, 0.717) is 32.3 Å². The third-order valence-electron chi connectivity index (χ3n) is 7.49. The fraction of sp³-hybridized carbons (Fsp3) is 0.472. The van der Waals surface area contributed by atoms with Gasteiger partial charge in [0.1, 0.15) is 0 Å². The topological polar surface area (TPSA) is 83.9 Å². The molecular formula is C36H51N2O4Si+. The molecule has 0 aromatic heterocycles. The molecule has 7 heteroatoms. The molecule has 6 nitrogen and oxygen atoms in total. The lowest BCUT2D eigenvalue weighted by molar-refractivity contribution is -0.143. The Kier molecular flexibility index (Phi) is 15.7. The van der Waals surface area contributed by atoms with Crippen LogP contribution >= 0.6 is 0 Å². The van der Waals surface area contributed by atoms with Gasteiger partial charge in [-0.15, -0.1) is 0 Å². The maximum atomic E-state index is 11.7. The smallest absolute Gasteiger partial charge is 0.398 e. The van der Waals surface area contributed by atoms with Crippen molar-refractivity contribution in [3.8, 4) is 0 Å². The number of nitrogens with zero attached hydrogens (tertiary/aromatic N) is 2. The lowest BCUT2D eigenvalue weighted by atomic mass is 10.1. The minimum Gasteiger partial charge on any atom is -0.505 e. The molecule has 232 valence electrons. The van der Waals surface area contributed by atoms with Gasteiger partial charge in [0.15, 0.2) is 10.7 Å². The van der Waals surface area contributed by atoms with E-state index in [4.69, 9.17) is 9.16 Å². The van der Waals surface area contributed by atoms with Gasteiger partial charge in [-0.1, -0.05) is 126 Å².